The minimum absolute atomic E-state index is 0.232. The van der Waals surface area contributed by atoms with Gasteiger partial charge in [0.05, 0.1) is 6.33 Å². The van der Waals surface area contributed by atoms with Gasteiger partial charge in [0.1, 0.15) is 0 Å². The van der Waals surface area contributed by atoms with Crippen LogP contribution in [0.5, 0.6) is 0 Å². The highest BCUT2D eigenvalue weighted by atomic mass is 35.5. The zero-order chi connectivity index (χ0) is 16.5. The molecule has 2 aromatic heterocycles. The van der Waals surface area contributed by atoms with Gasteiger partial charge in [0.2, 0.25) is 5.28 Å². The minimum Gasteiger partial charge on any atom is -0.364 e. The van der Waals surface area contributed by atoms with Crippen LogP contribution in [0.25, 0.3) is 11.2 Å². The van der Waals surface area contributed by atoms with Crippen LogP contribution in [-0.2, 0) is 6.54 Å². The summed E-state index contributed by atoms with van der Waals surface area (Å²) in [4.78, 5) is 13.2. The van der Waals surface area contributed by atoms with E-state index in [0.717, 1.165) is 16.7 Å². The van der Waals surface area contributed by atoms with Gasteiger partial charge in [0.15, 0.2) is 17.0 Å². The van der Waals surface area contributed by atoms with E-state index >= 15 is 0 Å². The number of hydrogen-bond acceptors (Lipinski definition) is 4. The molecule has 1 aromatic carbocycles. The molecule has 1 fully saturated rings. The lowest BCUT2D eigenvalue weighted by molar-refractivity contribution is 0.529. The third kappa shape index (κ3) is 3.06. The van der Waals surface area contributed by atoms with Crippen molar-refractivity contribution in [1.82, 2.24) is 19.5 Å². The topological polar surface area (TPSA) is 55.6 Å². The van der Waals surface area contributed by atoms with Crippen molar-refractivity contribution in [2.45, 2.75) is 38.3 Å². The molecule has 1 saturated carbocycles. The summed E-state index contributed by atoms with van der Waals surface area (Å²) in [5, 5.41) is 4.25. The van der Waals surface area contributed by atoms with E-state index in [1.165, 1.54) is 25.7 Å². The van der Waals surface area contributed by atoms with Gasteiger partial charge in [-0.1, -0.05) is 36.6 Å². The summed E-state index contributed by atoms with van der Waals surface area (Å²) >= 11 is 12.2. The van der Waals surface area contributed by atoms with Crippen molar-refractivity contribution in [2.75, 3.05) is 5.32 Å². The zero-order valence-corrected chi connectivity index (χ0v) is 14.6. The molecule has 7 heteroatoms. The van der Waals surface area contributed by atoms with E-state index < -0.39 is 0 Å². The summed E-state index contributed by atoms with van der Waals surface area (Å²) in [6, 6.07) is 8.17. The van der Waals surface area contributed by atoms with Crippen LogP contribution in [0.15, 0.2) is 30.6 Å². The van der Waals surface area contributed by atoms with Gasteiger partial charge in [-0.3, -0.25) is 0 Å². The predicted molar refractivity (Wildman–Crippen MR) is 96.6 cm³/mol. The molecule has 4 rings (SSSR count). The molecule has 0 aliphatic heterocycles. The normalized spacial score (nSPS) is 15.2. The molecule has 0 saturated heterocycles. The molecular formula is C17H17Cl2N5. The first-order valence-corrected chi connectivity index (χ1v) is 8.85. The van der Waals surface area contributed by atoms with E-state index in [2.05, 4.69) is 24.8 Å². The molecule has 0 spiro atoms. The standard InChI is InChI=1S/C17H17Cl2N5/c18-12-5-3-4-11(8-12)9-20-15-14-16(23-17(19)22-15)24(10-21-14)13-6-1-2-7-13/h3-5,8,10,13H,1-2,6-7,9H2,(H,20,22,23). The quantitative estimate of drug-likeness (QED) is 0.674. The Kier molecular flexibility index (Phi) is 4.29. The smallest absolute Gasteiger partial charge is 0.226 e. The monoisotopic (exact) mass is 361 g/mol. The molecule has 1 aliphatic carbocycles. The fraction of sp³-hybridized carbons (Fsp3) is 0.353. The first kappa shape index (κ1) is 15.7. The number of aromatic nitrogens is 4. The zero-order valence-electron chi connectivity index (χ0n) is 13.0. The van der Waals surface area contributed by atoms with Crippen molar-refractivity contribution in [3.05, 3.63) is 46.5 Å². The molecule has 0 bridgehead atoms. The fourth-order valence-corrected chi connectivity index (χ4v) is 3.67. The van der Waals surface area contributed by atoms with Gasteiger partial charge in [0, 0.05) is 17.6 Å². The van der Waals surface area contributed by atoms with Crippen LogP contribution in [0.2, 0.25) is 10.3 Å². The van der Waals surface area contributed by atoms with Crippen molar-refractivity contribution >= 4 is 40.2 Å². The van der Waals surface area contributed by atoms with Crippen LogP contribution in [0.1, 0.15) is 37.3 Å². The van der Waals surface area contributed by atoms with Crippen LogP contribution in [0, 0.1) is 0 Å². The Hall–Kier alpha value is -1.85. The molecule has 0 radical (unpaired) electrons. The Balaban J connectivity index is 1.65. The van der Waals surface area contributed by atoms with E-state index in [1.807, 2.05) is 30.6 Å². The Morgan fingerprint density at radius 2 is 2.00 bits per heavy atom. The highest BCUT2D eigenvalue weighted by molar-refractivity contribution is 6.30. The van der Waals surface area contributed by atoms with Crippen molar-refractivity contribution in [3.8, 4) is 0 Å². The van der Waals surface area contributed by atoms with E-state index in [9.17, 15) is 0 Å². The SMILES string of the molecule is Clc1cccc(CNc2nc(Cl)nc3c2ncn3C2CCCC2)c1. The number of hydrogen-bond donors (Lipinski definition) is 1. The number of benzene rings is 1. The van der Waals surface area contributed by atoms with Gasteiger partial charge in [-0.2, -0.15) is 9.97 Å². The molecule has 24 heavy (non-hydrogen) atoms. The molecule has 1 aliphatic rings. The van der Waals surface area contributed by atoms with E-state index in [4.69, 9.17) is 23.2 Å². The van der Waals surface area contributed by atoms with Crippen LogP contribution < -0.4 is 5.32 Å². The largest absolute Gasteiger partial charge is 0.364 e. The highest BCUT2D eigenvalue weighted by Crippen LogP contribution is 2.33. The molecule has 5 nitrogen and oxygen atoms in total. The molecule has 3 aromatic rings. The van der Waals surface area contributed by atoms with Crippen molar-refractivity contribution in [2.24, 2.45) is 0 Å². The number of fused-ring (bicyclic) bond motifs is 1. The summed E-state index contributed by atoms with van der Waals surface area (Å²) in [6.07, 6.45) is 6.69. The summed E-state index contributed by atoms with van der Waals surface area (Å²) in [5.41, 5.74) is 2.63. The second-order valence-electron chi connectivity index (χ2n) is 6.09. The maximum absolute atomic E-state index is 6.14. The van der Waals surface area contributed by atoms with Crippen molar-refractivity contribution < 1.29 is 0 Å². The molecule has 0 unspecified atom stereocenters. The fourth-order valence-electron chi connectivity index (χ4n) is 3.30. The second kappa shape index (κ2) is 6.57. The Bertz CT molecular complexity index is 871. The summed E-state index contributed by atoms with van der Waals surface area (Å²) in [7, 11) is 0. The van der Waals surface area contributed by atoms with Gasteiger partial charge in [-0.05, 0) is 42.1 Å². The Morgan fingerprint density at radius 1 is 1.17 bits per heavy atom. The summed E-state index contributed by atoms with van der Waals surface area (Å²) < 4.78 is 2.14. The summed E-state index contributed by atoms with van der Waals surface area (Å²) in [5.74, 6) is 0.654. The third-order valence-electron chi connectivity index (χ3n) is 4.46. The number of rotatable bonds is 4. The van der Waals surface area contributed by atoms with Gasteiger partial charge in [-0.15, -0.1) is 0 Å². The number of anilines is 1. The van der Waals surface area contributed by atoms with Crippen LogP contribution in [0.4, 0.5) is 5.82 Å². The molecule has 0 atom stereocenters. The van der Waals surface area contributed by atoms with Gasteiger partial charge in [0.25, 0.3) is 0 Å². The molecular weight excluding hydrogens is 345 g/mol. The number of nitrogens with one attached hydrogen (secondary N) is 1. The average Bonchev–Trinajstić information content (AvgIpc) is 3.21. The van der Waals surface area contributed by atoms with Gasteiger partial charge < -0.3 is 9.88 Å². The second-order valence-corrected chi connectivity index (χ2v) is 6.86. The number of nitrogens with zero attached hydrogens (tertiary/aromatic N) is 4. The maximum atomic E-state index is 6.14. The van der Waals surface area contributed by atoms with E-state index in [0.29, 0.717) is 23.4 Å². The number of imidazole rings is 1. The summed E-state index contributed by atoms with van der Waals surface area (Å²) in [6.45, 7) is 0.597. The van der Waals surface area contributed by atoms with Crippen LogP contribution in [0.3, 0.4) is 0 Å². The Morgan fingerprint density at radius 3 is 2.79 bits per heavy atom. The van der Waals surface area contributed by atoms with E-state index in [1.54, 1.807) is 0 Å². The van der Waals surface area contributed by atoms with Crippen LogP contribution in [-0.4, -0.2) is 19.5 Å². The lowest BCUT2D eigenvalue weighted by Gasteiger charge is -2.12. The molecule has 1 N–H and O–H groups in total. The minimum atomic E-state index is 0.232. The first-order valence-electron chi connectivity index (χ1n) is 8.09. The molecule has 124 valence electrons. The highest BCUT2D eigenvalue weighted by Gasteiger charge is 2.21. The van der Waals surface area contributed by atoms with Crippen molar-refractivity contribution in [1.29, 1.82) is 0 Å². The first-order chi connectivity index (χ1) is 11.7. The lowest BCUT2D eigenvalue weighted by atomic mass is 10.2. The maximum Gasteiger partial charge on any atom is 0.226 e. The van der Waals surface area contributed by atoms with Crippen molar-refractivity contribution in [3.63, 3.8) is 0 Å². The van der Waals surface area contributed by atoms with Gasteiger partial charge in [-0.25, -0.2) is 4.98 Å². The Labute approximate surface area is 150 Å². The average molecular weight is 362 g/mol. The number of halogens is 2. The predicted octanol–water partition coefficient (Wildman–Crippen LogP) is 4.86. The molecule has 0 amide bonds. The van der Waals surface area contributed by atoms with Gasteiger partial charge >= 0.3 is 0 Å². The van der Waals surface area contributed by atoms with Crippen LogP contribution >= 0.6 is 23.2 Å². The van der Waals surface area contributed by atoms with E-state index in [-0.39, 0.29) is 5.28 Å². The lowest BCUT2D eigenvalue weighted by Crippen LogP contribution is -2.06. The third-order valence-corrected chi connectivity index (χ3v) is 4.87. The molecule has 2 heterocycles.